The molecule has 0 spiro atoms. The molecule has 1 aromatic rings. The van der Waals surface area contributed by atoms with Gasteiger partial charge in [-0.1, -0.05) is 5.16 Å². The van der Waals surface area contributed by atoms with E-state index in [1.165, 1.54) is 11.0 Å². The average molecular weight is 399 g/mol. The van der Waals surface area contributed by atoms with Crippen LogP contribution < -0.4 is 5.32 Å². The lowest BCUT2D eigenvalue weighted by Gasteiger charge is -2.22. The number of nitrogens with one attached hydrogen (secondary N) is 1. The molecule has 1 aliphatic carbocycles. The summed E-state index contributed by atoms with van der Waals surface area (Å²) in [6, 6.07) is 1.30. The zero-order chi connectivity index (χ0) is 20.3. The Morgan fingerprint density at radius 2 is 2.04 bits per heavy atom. The van der Waals surface area contributed by atoms with Gasteiger partial charge in [0, 0.05) is 19.2 Å². The molecule has 2 fully saturated rings. The second kappa shape index (κ2) is 8.03. The van der Waals surface area contributed by atoms with Crippen molar-refractivity contribution in [3.63, 3.8) is 0 Å². The molecule has 2 aliphatic rings. The number of rotatable bonds is 6. The van der Waals surface area contributed by atoms with E-state index in [1.807, 2.05) is 0 Å². The van der Waals surface area contributed by atoms with Gasteiger partial charge in [0.15, 0.2) is 18.1 Å². The standard InChI is InChI=1S/C17H22FN3O7/c1-2-26-14(22)13-3-12(28-20-13)8-27-15(23)19-9-17(18)4-10-6-21(16(24)25)7-11(10)5-17/h3,10-11H,2,4-9H2,1H3,(H,19,23)(H,24,25)/t10-,11+,17+. The van der Waals surface area contributed by atoms with Crippen molar-refractivity contribution >= 4 is 18.2 Å². The molecule has 1 saturated heterocycles. The molecule has 2 heterocycles. The van der Waals surface area contributed by atoms with Crippen molar-refractivity contribution in [2.75, 3.05) is 26.2 Å². The van der Waals surface area contributed by atoms with E-state index in [1.54, 1.807) is 6.92 Å². The molecular weight excluding hydrogens is 377 g/mol. The number of carbonyl (C=O) groups is 3. The van der Waals surface area contributed by atoms with Crippen LogP contribution in [-0.4, -0.2) is 65.2 Å². The third-order valence-electron chi connectivity index (χ3n) is 5.04. The third kappa shape index (κ3) is 4.52. The predicted octanol–water partition coefficient (Wildman–Crippen LogP) is 1.81. The minimum Gasteiger partial charge on any atom is -0.465 e. The topological polar surface area (TPSA) is 131 Å². The Morgan fingerprint density at radius 1 is 1.36 bits per heavy atom. The summed E-state index contributed by atoms with van der Waals surface area (Å²) in [6.45, 7) is 2.02. The smallest absolute Gasteiger partial charge is 0.407 e. The highest BCUT2D eigenvalue weighted by Crippen LogP contribution is 2.45. The van der Waals surface area contributed by atoms with E-state index in [4.69, 9.17) is 19.1 Å². The fraction of sp³-hybridized carbons (Fsp3) is 0.647. The highest BCUT2D eigenvalue weighted by Gasteiger charge is 2.50. The first-order valence-corrected chi connectivity index (χ1v) is 9.00. The Bertz CT molecular complexity index is 739. The normalized spacial score (nSPS) is 26.0. The van der Waals surface area contributed by atoms with Gasteiger partial charge in [0.25, 0.3) is 0 Å². The summed E-state index contributed by atoms with van der Waals surface area (Å²) in [5.74, 6) is -0.560. The first-order valence-electron chi connectivity index (χ1n) is 9.00. The van der Waals surface area contributed by atoms with E-state index in [-0.39, 0.29) is 55.9 Å². The number of fused-ring (bicyclic) bond motifs is 1. The third-order valence-corrected chi connectivity index (χ3v) is 5.04. The molecule has 11 heteroatoms. The number of hydrogen-bond acceptors (Lipinski definition) is 7. The molecule has 3 atom stereocenters. The fourth-order valence-corrected chi connectivity index (χ4v) is 3.83. The van der Waals surface area contributed by atoms with Crippen LogP contribution in [0.5, 0.6) is 0 Å². The highest BCUT2D eigenvalue weighted by molar-refractivity contribution is 5.87. The quantitative estimate of drug-likeness (QED) is 0.693. The second-order valence-corrected chi connectivity index (χ2v) is 7.10. The molecular formula is C17H22FN3O7. The molecule has 154 valence electrons. The number of hydrogen-bond donors (Lipinski definition) is 2. The number of halogens is 1. The number of ether oxygens (including phenoxy) is 2. The maximum atomic E-state index is 14.9. The summed E-state index contributed by atoms with van der Waals surface area (Å²) >= 11 is 0. The molecule has 1 saturated carbocycles. The largest absolute Gasteiger partial charge is 0.465 e. The zero-order valence-electron chi connectivity index (χ0n) is 15.4. The second-order valence-electron chi connectivity index (χ2n) is 7.10. The van der Waals surface area contributed by atoms with Crippen LogP contribution in [-0.2, 0) is 16.1 Å². The molecule has 3 rings (SSSR count). The van der Waals surface area contributed by atoms with Crippen molar-refractivity contribution in [3.05, 3.63) is 17.5 Å². The number of carboxylic acid groups (broad SMARTS) is 1. The summed E-state index contributed by atoms with van der Waals surface area (Å²) in [6.07, 6.45) is -1.41. The Morgan fingerprint density at radius 3 is 2.64 bits per heavy atom. The van der Waals surface area contributed by atoms with E-state index in [0.29, 0.717) is 13.1 Å². The van der Waals surface area contributed by atoms with Crippen molar-refractivity contribution in [1.82, 2.24) is 15.4 Å². The van der Waals surface area contributed by atoms with Gasteiger partial charge in [-0.25, -0.2) is 18.8 Å². The molecule has 1 aromatic heterocycles. The number of likely N-dealkylation sites (tertiary alicyclic amines) is 1. The fourth-order valence-electron chi connectivity index (χ4n) is 3.83. The number of carbonyl (C=O) groups excluding carboxylic acids is 2. The summed E-state index contributed by atoms with van der Waals surface area (Å²) in [5.41, 5.74) is -1.61. The van der Waals surface area contributed by atoms with Gasteiger partial charge in [0.2, 0.25) is 0 Å². The van der Waals surface area contributed by atoms with Crippen LogP contribution in [0.4, 0.5) is 14.0 Å². The summed E-state index contributed by atoms with van der Waals surface area (Å²) in [7, 11) is 0. The van der Waals surface area contributed by atoms with Crippen molar-refractivity contribution in [2.24, 2.45) is 11.8 Å². The summed E-state index contributed by atoms with van der Waals surface area (Å²) < 4.78 is 29.5. The van der Waals surface area contributed by atoms with E-state index >= 15 is 0 Å². The molecule has 2 amide bonds. The molecule has 28 heavy (non-hydrogen) atoms. The van der Waals surface area contributed by atoms with Gasteiger partial charge in [-0.05, 0) is 31.6 Å². The minimum atomic E-state index is -1.58. The van der Waals surface area contributed by atoms with E-state index in [2.05, 4.69) is 10.5 Å². The van der Waals surface area contributed by atoms with Crippen LogP contribution in [0.15, 0.2) is 10.6 Å². The van der Waals surface area contributed by atoms with Crippen LogP contribution in [0.25, 0.3) is 0 Å². The van der Waals surface area contributed by atoms with Crippen LogP contribution in [0.2, 0.25) is 0 Å². The molecule has 0 aromatic carbocycles. The van der Waals surface area contributed by atoms with Gasteiger partial charge in [-0.3, -0.25) is 0 Å². The van der Waals surface area contributed by atoms with Gasteiger partial charge in [-0.15, -0.1) is 0 Å². The van der Waals surface area contributed by atoms with Gasteiger partial charge in [0.05, 0.1) is 13.2 Å². The first kappa shape index (κ1) is 19.9. The lowest BCUT2D eigenvalue weighted by Crippen LogP contribution is -2.40. The molecule has 0 unspecified atom stereocenters. The number of nitrogens with zero attached hydrogens (tertiary/aromatic N) is 2. The molecule has 10 nitrogen and oxygen atoms in total. The lowest BCUT2D eigenvalue weighted by atomic mass is 10.0. The minimum absolute atomic E-state index is 0.0310. The van der Waals surface area contributed by atoms with Gasteiger partial charge in [0.1, 0.15) is 5.67 Å². The van der Waals surface area contributed by atoms with Crippen LogP contribution in [0.3, 0.4) is 0 Å². The lowest BCUT2D eigenvalue weighted by molar-refractivity contribution is 0.0514. The number of amides is 2. The Labute approximate surface area is 159 Å². The molecule has 2 N–H and O–H groups in total. The van der Waals surface area contributed by atoms with Crippen molar-refractivity contribution in [3.8, 4) is 0 Å². The maximum Gasteiger partial charge on any atom is 0.407 e. The molecule has 1 aliphatic heterocycles. The van der Waals surface area contributed by atoms with E-state index in [0.717, 1.165) is 0 Å². The Kier molecular flexibility index (Phi) is 5.71. The monoisotopic (exact) mass is 399 g/mol. The van der Waals surface area contributed by atoms with Crippen molar-refractivity contribution < 1.29 is 37.9 Å². The maximum absolute atomic E-state index is 14.9. The van der Waals surface area contributed by atoms with E-state index < -0.39 is 23.8 Å². The van der Waals surface area contributed by atoms with Crippen molar-refractivity contribution in [1.29, 1.82) is 0 Å². The number of alkyl halides is 1. The van der Waals surface area contributed by atoms with Gasteiger partial charge >= 0.3 is 18.2 Å². The Hall–Kier alpha value is -2.85. The zero-order valence-corrected chi connectivity index (χ0v) is 15.4. The number of esters is 1. The highest BCUT2D eigenvalue weighted by atomic mass is 19.1. The summed E-state index contributed by atoms with van der Waals surface area (Å²) in [5, 5.41) is 14.9. The SMILES string of the molecule is CCOC(=O)c1cc(COC(=O)NC[C@@]2(F)C[C@H]3CN(C(=O)O)C[C@H]3C2)on1. The van der Waals surface area contributed by atoms with Crippen LogP contribution in [0.1, 0.15) is 36.0 Å². The number of aromatic nitrogens is 1. The molecule has 0 radical (unpaired) electrons. The van der Waals surface area contributed by atoms with Crippen LogP contribution in [0, 0.1) is 11.8 Å². The van der Waals surface area contributed by atoms with Gasteiger partial charge < -0.3 is 29.3 Å². The first-order chi connectivity index (χ1) is 13.3. The van der Waals surface area contributed by atoms with E-state index in [9.17, 15) is 18.8 Å². The molecule has 0 bridgehead atoms. The number of alkyl carbamates (subject to hydrolysis) is 1. The average Bonchev–Trinajstić information content (AvgIpc) is 3.32. The predicted molar refractivity (Wildman–Crippen MR) is 90.3 cm³/mol. The summed E-state index contributed by atoms with van der Waals surface area (Å²) in [4.78, 5) is 35.6. The van der Waals surface area contributed by atoms with Crippen LogP contribution >= 0.6 is 0 Å². The van der Waals surface area contributed by atoms with Gasteiger partial charge in [-0.2, -0.15) is 0 Å². The van der Waals surface area contributed by atoms with Crippen molar-refractivity contribution in [2.45, 2.75) is 32.0 Å². The Balaban J connectivity index is 1.40.